The number of hydrogen-bond donors (Lipinski definition) is 4. The molecule has 0 bridgehead atoms. The van der Waals surface area contributed by atoms with Gasteiger partial charge in [-0.25, -0.2) is 14.4 Å². The zero-order valence-electron chi connectivity index (χ0n) is 29.4. The number of nitrogens with two attached hydrogens (primary N) is 1. The molecule has 52 heavy (non-hydrogen) atoms. The van der Waals surface area contributed by atoms with Crippen LogP contribution in [0.1, 0.15) is 64.5 Å². The van der Waals surface area contributed by atoms with Crippen LogP contribution >= 0.6 is 7.75 Å². The molecule has 1 aliphatic heterocycles. The van der Waals surface area contributed by atoms with Gasteiger partial charge in [0.05, 0.1) is 6.61 Å². The molecule has 4 atom stereocenters. The van der Waals surface area contributed by atoms with E-state index in [0.29, 0.717) is 17.4 Å². The first-order chi connectivity index (χ1) is 25.1. The standard InChI is InChI=1S/C37H50F2N5O7P/c1-2-3-4-5-6-7-8-9-10-11-12-13-14-15-16-17-21-24-33(45)41-26-27-42-52(48,51-30-22-19-18-20-23-30)49-29-31-34(46)37(38,39)35(50-31)44-28-25-32(40)43-36(44)47/h3-4,6-7,9-10,12-13,15-16,18-20,22-23,25,28,31,34-35,46H,2,5,8,11,14,17,21,24,26-27,29H2,1H3,(H,41,45)(H,42,48)(H2,40,43,47)/b4-3+,7-6-,10-9-,13-12-,16-15-/t31-,34-,35-,52?/m1/s1. The number of nitrogen functional groups attached to an aromatic ring is 1. The van der Waals surface area contributed by atoms with Gasteiger partial charge in [-0.2, -0.15) is 13.8 Å². The van der Waals surface area contributed by atoms with E-state index in [0.717, 1.165) is 50.8 Å². The minimum Gasteiger partial charge on any atom is -0.413 e. The van der Waals surface area contributed by atoms with E-state index in [4.69, 9.17) is 19.5 Å². The molecule has 0 aliphatic carbocycles. The second-order valence-electron chi connectivity index (χ2n) is 11.7. The van der Waals surface area contributed by atoms with E-state index in [1.54, 1.807) is 18.2 Å². The zero-order valence-corrected chi connectivity index (χ0v) is 30.3. The van der Waals surface area contributed by atoms with Crippen molar-refractivity contribution in [1.82, 2.24) is 20.0 Å². The summed E-state index contributed by atoms with van der Waals surface area (Å²) in [6, 6.07) is 9.14. The van der Waals surface area contributed by atoms with Crippen LogP contribution in [0.4, 0.5) is 14.6 Å². The van der Waals surface area contributed by atoms with Crippen molar-refractivity contribution in [2.45, 2.75) is 82.6 Å². The fraction of sp³-hybridized carbons (Fsp3) is 0.432. The molecule has 2 aromatic rings. The number of nitrogens with zero attached hydrogens (tertiary/aromatic N) is 2. The molecular weight excluding hydrogens is 695 g/mol. The van der Waals surface area contributed by atoms with Gasteiger partial charge in [0.2, 0.25) is 12.1 Å². The first-order valence-electron chi connectivity index (χ1n) is 17.4. The van der Waals surface area contributed by atoms with Gasteiger partial charge in [-0.3, -0.25) is 13.9 Å². The number of aromatic nitrogens is 2. The van der Waals surface area contributed by atoms with Crippen LogP contribution in [0.15, 0.2) is 108 Å². The van der Waals surface area contributed by atoms with Crippen molar-refractivity contribution in [2.75, 3.05) is 25.4 Å². The number of amides is 1. The molecule has 0 saturated carbocycles. The van der Waals surface area contributed by atoms with E-state index in [1.807, 2.05) is 6.08 Å². The van der Waals surface area contributed by atoms with Gasteiger partial charge in [-0.1, -0.05) is 85.9 Å². The number of ether oxygens (including phenoxy) is 1. The predicted molar refractivity (Wildman–Crippen MR) is 198 cm³/mol. The van der Waals surface area contributed by atoms with Crippen molar-refractivity contribution in [3.63, 3.8) is 0 Å². The lowest BCUT2D eigenvalue weighted by Gasteiger charge is -2.22. The molecule has 0 radical (unpaired) electrons. The van der Waals surface area contributed by atoms with E-state index < -0.39 is 44.4 Å². The Morgan fingerprint density at radius 2 is 1.62 bits per heavy atom. The molecule has 1 aromatic carbocycles. The number of aliphatic hydroxyl groups excluding tert-OH is 1. The smallest absolute Gasteiger partial charge is 0.413 e. The third kappa shape index (κ3) is 14.8. The maximum absolute atomic E-state index is 15.0. The predicted octanol–water partition coefficient (Wildman–Crippen LogP) is 6.55. The molecule has 12 nitrogen and oxygen atoms in total. The van der Waals surface area contributed by atoms with Crippen LogP contribution in [0, 0.1) is 0 Å². The summed E-state index contributed by atoms with van der Waals surface area (Å²) in [5, 5.41) is 15.7. The Hall–Kier alpha value is -4.20. The summed E-state index contributed by atoms with van der Waals surface area (Å²) in [6.07, 6.45) is 22.3. The highest BCUT2D eigenvalue weighted by atomic mass is 31.2. The number of rotatable bonds is 23. The highest BCUT2D eigenvalue weighted by Gasteiger charge is 2.60. The number of nitrogens with one attached hydrogen (secondary N) is 2. The minimum absolute atomic E-state index is 0.0516. The number of hydrogen-bond acceptors (Lipinski definition) is 9. The maximum Gasteiger partial charge on any atom is 0.458 e. The normalized spacial score (nSPS) is 20.1. The number of halogens is 2. The molecule has 1 unspecified atom stereocenters. The van der Waals surface area contributed by atoms with E-state index in [1.165, 1.54) is 12.1 Å². The van der Waals surface area contributed by atoms with Gasteiger partial charge in [-0.05, 0) is 63.1 Å². The molecule has 284 valence electrons. The highest BCUT2D eigenvalue weighted by molar-refractivity contribution is 7.52. The monoisotopic (exact) mass is 745 g/mol. The summed E-state index contributed by atoms with van der Waals surface area (Å²) in [4.78, 5) is 27.9. The van der Waals surface area contributed by atoms with Crippen LogP contribution in [0.3, 0.4) is 0 Å². The van der Waals surface area contributed by atoms with Gasteiger partial charge in [0, 0.05) is 25.7 Å². The minimum atomic E-state index is -4.24. The van der Waals surface area contributed by atoms with Crippen molar-refractivity contribution in [1.29, 1.82) is 0 Å². The Labute approximate surface area is 303 Å². The quantitative estimate of drug-likeness (QED) is 0.0557. The Balaban J connectivity index is 1.38. The topological polar surface area (TPSA) is 167 Å². The first-order valence-corrected chi connectivity index (χ1v) is 18.9. The summed E-state index contributed by atoms with van der Waals surface area (Å²) < 4.78 is 60.4. The summed E-state index contributed by atoms with van der Waals surface area (Å²) >= 11 is 0. The van der Waals surface area contributed by atoms with Gasteiger partial charge in [0.1, 0.15) is 17.7 Å². The number of unbranched alkanes of at least 4 members (excludes halogenated alkanes) is 1. The number of aliphatic hydroxyl groups is 1. The van der Waals surface area contributed by atoms with Crippen LogP contribution in [0.2, 0.25) is 0 Å². The first kappa shape index (κ1) is 42.2. The summed E-state index contributed by atoms with van der Waals surface area (Å²) in [5.74, 6) is -4.14. The second kappa shape index (κ2) is 22.7. The molecule has 1 aliphatic rings. The highest BCUT2D eigenvalue weighted by Crippen LogP contribution is 2.47. The van der Waals surface area contributed by atoms with E-state index in [2.05, 4.69) is 77.0 Å². The Morgan fingerprint density at radius 3 is 2.23 bits per heavy atom. The third-order valence-electron chi connectivity index (χ3n) is 7.55. The lowest BCUT2D eigenvalue weighted by atomic mass is 10.1. The number of para-hydroxylation sites is 1. The molecule has 5 N–H and O–H groups in total. The van der Waals surface area contributed by atoms with Crippen molar-refractivity contribution in [3.05, 3.63) is 114 Å². The van der Waals surface area contributed by atoms with Crippen LogP contribution in [-0.2, 0) is 18.6 Å². The molecule has 1 aromatic heterocycles. The van der Waals surface area contributed by atoms with Gasteiger partial charge in [-0.15, -0.1) is 0 Å². The fourth-order valence-corrected chi connectivity index (χ4v) is 6.18. The van der Waals surface area contributed by atoms with Crippen molar-refractivity contribution in [2.24, 2.45) is 0 Å². The molecule has 3 rings (SSSR count). The number of allylic oxidation sites excluding steroid dienone is 10. The van der Waals surface area contributed by atoms with Crippen LogP contribution in [0.5, 0.6) is 5.75 Å². The van der Waals surface area contributed by atoms with Crippen LogP contribution in [-0.4, -0.2) is 58.4 Å². The Morgan fingerprint density at radius 1 is 1.00 bits per heavy atom. The molecule has 1 fully saturated rings. The van der Waals surface area contributed by atoms with Crippen molar-refractivity contribution >= 4 is 19.5 Å². The molecule has 15 heteroatoms. The van der Waals surface area contributed by atoms with E-state index >= 15 is 0 Å². The van der Waals surface area contributed by atoms with E-state index in [9.17, 15) is 28.0 Å². The van der Waals surface area contributed by atoms with Gasteiger partial charge in [0.25, 0.3) is 0 Å². The third-order valence-corrected chi connectivity index (χ3v) is 9.10. The number of carbonyl (C=O) groups is 1. The Kier molecular flexibility index (Phi) is 18.4. The number of anilines is 1. The number of alkyl halides is 2. The SMILES string of the molecule is CC/C=C/C/C=C\C/C=C\C/C=C\C/C=C\CCCC(=O)NCCNP(=O)(OC[C@H]1O[C@@H](n2ccc(N)nc2=O)C(F)(F)[C@@H]1O)Oc1ccccc1. The maximum atomic E-state index is 15.0. The summed E-state index contributed by atoms with van der Waals surface area (Å²) in [6.45, 7) is 1.35. The van der Waals surface area contributed by atoms with Gasteiger partial charge < -0.3 is 25.4 Å². The fourth-order valence-electron chi connectivity index (χ4n) is 4.84. The van der Waals surface area contributed by atoms with Crippen LogP contribution in [0.25, 0.3) is 0 Å². The summed E-state index contributed by atoms with van der Waals surface area (Å²) in [5.41, 5.74) is 4.34. The zero-order chi connectivity index (χ0) is 37.7. The largest absolute Gasteiger partial charge is 0.458 e. The number of carbonyl (C=O) groups excluding carboxylic acids is 1. The van der Waals surface area contributed by atoms with Crippen molar-refractivity contribution < 1.29 is 37.0 Å². The lowest BCUT2D eigenvalue weighted by Crippen LogP contribution is -2.42. The molecule has 1 amide bonds. The van der Waals surface area contributed by atoms with Gasteiger partial charge >= 0.3 is 19.4 Å². The Bertz CT molecular complexity index is 1630. The van der Waals surface area contributed by atoms with Crippen molar-refractivity contribution in [3.8, 4) is 5.75 Å². The average molecular weight is 746 g/mol. The van der Waals surface area contributed by atoms with Crippen LogP contribution < -0.4 is 26.4 Å². The number of benzene rings is 1. The second-order valence-corrected chi connectivity index (χ2v) is 13.5. The molecule has 2 heterocycles. The molecule has 0 spiro atoms. The van der Waals surface area contributed by atoms with E-state index in [-0.39, 0.29) is 30.6 Å². The molecule has 1 saturated heterocycles. The summed E-state index contributed by atoms with van der Waals surface area (Å²) in [7, 11) is -4.24. The van der Waals surface area contributed by atoms with Gasteiger partial charge in [0.15, 0.2) is 6.10 Å². The lowest BCUT2D eigenvalue weighted by molar-refractivity contribution is -0.140. The average Bonchev–Trinajstić information content (AvgIpc) is 3.34. The molecular formula is C37H50F2N5O7P.